The summed E-state index contributed by atoms with van der Waals surface area (Å²) >= 11 is 5.19. The summed E-state index contributed by atoms with van der Waals surface area (Å²) in [5.41, 5.74) is 1.34. The number of rotatable bonds is 2. The van der Waals surface area contributed by atoms with Crippen molar-refractivity contribution in [3.05, 3.63) is 22.2 Å². The molecule has 0 radical (unpaired) electrons. The van der Waals surface area contributed by atoms with Crippen LogP contribution in [0.4, 0.5) is 5.69 Å². The van der Waals surface area contributed by atoms with Gasteiger partial charge < -0.3 is 15.2 Å². The average molecular weight is 316 g/mol. The standard InChI is InChI=1S/C11H10BrNO3S/c12-7-1-6-8(13-11(15)10(6)14)2-9(7)17-5-3-16-4-5/h1-2,5,10,14H,3-4H2,(H,13,15). The maximum Gasteiger partial charge on any atom is 0.257 e. The van der Waals surface area contributed by atoms with E-state index in [1.165, 1.54) is 0 Å². The Kier molecular flexibility index (Phi) is 2.90. The molecule has 1 amide bonds. The largest absolute Gasteiger partial charge is 0.379 e. The van der Waals surface area contributed by atoms with Gasteiger partial charge in [0.1, 0.15) is 0 Å². The maximum absolute atomic E-state index is 11.3. The van der Waals surface area contributed by atoms with Gasteiger partial charge in [0, 0.05) is 20.6 Å². The van der Waals surface area contributed by atoms with Gasteiger partial charge in [0.2, 0.25) is 0 Å². The molecule has 4 nitrogen and oxygen atoms in total. The molecule has 0 bridgehead atoms. The highest BCUT2D eigenvalue weighted by Crippen LogP contribution is 2.41. The zero-order chi connectivity index (χ0) is 12.0. The molecule has 0 spiro atoms. The molecule has 2 aliphatic heterocycles. The van der Waals surface area contributed by atoms with Gasteiger partial charge in [-0.25, -0.2) is 0 Å². The molecule has 2 aliphatic rings. The summed E-state index contributed by atoms with van der Waals surface area (Å²) in [5.74, 6) is -0.360. The van der Waals surface area contributed by atoms with E-state index >= 15 is 0 Å². The molecule has 1 aromatic carbocycles. The summed E-state index contributed by atoms with van der Waals surface area (Å²) in [4.78, 5) is 12.4. The number of nitrogens with one attached hydrogen (secondary N) is 1. The van der Waals surface area contributed by atoms with Crippen LogP contribution in [0.1, 0.15) is 11.7 Å². The number of amides is 1. The fourth-order valence-electron chi connectivity index (χ4n) is 1.80. The summed E-state index contributed by atoms with van der Waals surface area (Å²) in [6.45, 7) is 1.53. The van der Waals surface area contributed by atoms with Crippen molar-refractivity contribution in [3.63, 3.8) is 0 Å². The fourth-order valence-corrected chi connectivity index (χ4v) is 3.48. The van der Waals surface area contributed by atoms with Crippen LogP contribution >= 0.6 is 27.7 Å². The molecular formula is C11H10BrNO3S. The number of aliphatic hydroxyl groups excluding tert-OH is 1. The molecule has 6 heteroatoms. The number of benzene rings is 1. The summed E-state index contributed by atoms with van der Waals surface area (Å²) in [6, 6.07) is 3.70. The van der Waals surface area contributed by atoms with Crippen LogP contribution in [0.25, 0.3) is 0 Å². The van der Waals surface area contributed by atoms with Gasteiger partial charge in [0.15, 0.2) is 6.10 Å². The Balaban J connectivity index is 1.91. The third-order valence-corrected chi connectivity index (χ3v) is 4.92. The van der Waals surface area contributed by atoms with E-state index in [0.29, 0.717) is 16.5 Å². The van der Waals surface area contributed by atoms with Crippen molar-refractivity contribution in [1.29, 1.82) is 0 Å². The number of thioether (sulfide) groups is 1. The lowest BCUT2D eigenvalue weighted by Gasteiger charge is -2.25. The highest BCUT2D eigenvalue weighted by molar-refractivity contribution is 9.10. The second-order valence-corrected chi connectivity index (χ2v) is 6.24. The minimum atomic E-state index is -1.05. The first-order valence-corrected chi connectivity index (χ1v) is 6.89. The third-order valence-electron chi connectivity index (χ3n) is 2.81. The number of fused-ring (bicyclic) bond motifs is 1. The van der Waals surface area contributed by atoms with E-state index in [2.05, 4.69) is 21.2 Å². The lowest BCUT2D eigenvalue weighted by atomic mass is 10.1. The highest BCUT2D eigenvalue weighted by atomic mass is 79.9. The molecule has 2 heterocycles. The second kappa shape index (κ2) is 4.28. The molecule has 0 aliphatic carbocycles. The number of carbonyl (C=O) groups is 1. The van der Waals surface area contributed by atoms with Crippen LogP contribution < -0.4 is 5.32 Å². The summed E-state index contributed by atoms with van der Waals surface area (Å²) in [5, 5.41) is 12.8. The number of carbonyl (C=O) groups excluding carboxylic acids is 1. The average Bonchev–Trinajstić information content (AvgIpc) is 2.50. The first kappa shape index (κ1) is 11.5. The van der Waals surface area contributed by atoms with Crippen LogP contribution in [0.15, 0.2) is 21.5 Å². The molecule has 1 atom stereocenters. The predicted octanol–water partition coefficient (Wildman–Crippen LogP) is 1.93. The zero-order valence-corrected chi connectivity index (χ0v) is 11.2. The SMILES string of the molecule is O=C1Nc2cc(SC3COC3)c(Br)cc2C1O. The molecule has 0 aromatic heterocycles. The molecule has 3 rings (SSSR count). The van der Waals surface area contributed by atoms with Crippen molar-refractivity contribution in [2.24, 2.45) is 0 Å². The number of ether oxygens (including phenoxy) is 1. The molecule has 1 saturated heterocycles. The van der Waals surface area contributed by atoms with Gasteiger partial charge in [-0.3, -0.25) is 4.79 Å². The monoisotopic (exact) mass is 315 g/mol. The molecule has 2 N–H and O–H groups in total. The van der Waals surface area contributed by atoms with Gasteiger partial charge in [0.25, 0.3) is 5.91 Å². The minimum absolute atomic E-state index is 0.360. The van der Waals surface area contributed by atoms with E-state index in [1.54, 1.807) is 17.8 Å². The van der Waals surface area contributed by atoms with Crippen molar-refractivity contribution < 1.29 is 14.6 Å². The predicted molar refractivity (Wildman–Crippen MR) is 68.2 cm³/mol. The number of halogens is 1. The van der Waals surface area contributed by atoms with Crippen molar-refractivity contribution in [3.8, 4) is 0 Å². The Morgan fingerprint density at radius 3 is 2.88 bits per heavy atom. The van der Waals surface area contributed by atoms with Crippen LogP contribution in [-0.4, -0.2) is 29.5 Å². The normalized spacial score (nSPS) is 23.2. The van der Waals surface area contributed by atoms with Crippen molar-refractivity contribution >= 4 is 39.3 Å². The Labute approximate surface area is 111 Å². The van der Waals surface area contributed by atoms with Gasteiger partial charge >= 0.3 is 0 Å². The number of aliphatic hydroxyl groups is 1. The quantitative estimate of drug-likeness (QED) is 0.875. The Hall–Kier alpha value is -0.560. The Bertz CT molecular complexity index is 490. The van der Waals surface area contributed by atoms with Crippen LogP contribution in [0.5, 0.6) is 0 Å². The van der Waals surface area contributed by atoms with Crippen LogP contribution in [0, 0.1) is 0 Å². The van der Waals surface area contributed by atoms with Crippen molar-refractivity contribution in [2.75, 3.05) is 18.5 Å². The smallest absolute Gasteiger partial charge is 0.257 e. The highest BCUT2D eigenvalue weighted by Gasteiger charge is 2.30. The first-order chi connectivity index (χ1) is 8.15. The Morgan fingerprint density at radius 1 is 1.47 bits per heavy atom. The van der Waals surface area contributed by atoms with Crippen molar-refractivity contribution in [1.82, 2.24) is 0 Å². The van der Waals surface area contributed by atoms with E-state index in [0.717, 1.165) is 22.6 Å². The first-order valence-electron chi connectivity index (χ1n) is 5.22. The molecule has 1 fully saturated rings. The molecule has 1 aromatic rings. The zero-order valence-electron chi connectivity index (χ0n) is 8.77. The number of hydrogen-bond donors (Lipinski definition) is 2. The molecular weight excluding hydrogens is 306 g/mol. The van der Waals surface area contributed by atoms with Crippen LogP contribution in [0.3, 0.4) is 0 Å². The Morgan fingerprint density at radius 2 is 2.24 bits per heavy atom. The molecule has 1 unspecified atom stereocenters. The van der Waals surface area contributed by atoms with Crippen molar-refractivity contribution in [2.45, 2.75) is 16.2 Å². The van der Waals surface area contributed by atoms with E-state index in [9.17, 15) is 9.90 Å². The summed E-state index contributed by atoms with van der Waals surface area (Å²) in [6.07, 6.45) is -1.05. The summed E-state index contributed by atoms with van der Waals surface area (Å²) < 4.78 is 6.03. The number of anilines is 1. The van der Waals surface area contributed by atoms with E-state index < -0.39 is 6.10 Å². The number of hydrogen-bond acceptors (Lipinski definition) is 4. The van der Waals surface area contributed by atoms with Gasteiger partial charge in [-0.05, 0) is 28.1 Å². The van der Waals surface area contributed by atoms with Gasteiger partial charge in [-0.2, -0.15) is 0 Å². The van der Waals surface area contributed by atoms with E-state index in [-0.39, 0.29) is 5.91 Å². The van der Waals surface area contributed by atoms with E-state index in [4.69, 9.17) is 4.74 Å². The van der Waals surface area contributed by atoms with Crippen LogP contribution in [0.2, 0.25) is 0 Å². The van der Waals surface area contributed by atoms with E-state index in [1.807, 2.05) is 6.07 Å². The lowest BCUT2D eigenvalue weighted by Crippen LogP contribution is -2.30. The van der Waals surface area contributed by atoms with Gasteiger partial charge in [-0.1, -0.05) is 0 Å². The fraction of sp³-hybridized carbons (Fsp3) is 0.364. The summed E-state index contributed by atoms with van der Waals surface area (Å²) in [7, 11) is 0. The van der Waals surface area contributed by atoms with Gasteiger partial charge in [0.05, 0.1) is 18.5 Å². The lowest BCUT2D eigenvalue weighted by molar-refractivity contribution is -0.123. The minimum Gasteiger partial charge on any atom is -0.379 e. The van der Waals surface area contributed by atoms with Crippen LogP contribution in [-0.2, 0) is 9.53 Å². The van der Waals surface area contributed by atoms with Gasteiger partial charge in [-0.15, -0.1) is 11.8 Å². The third kappa shape index (κ3) is 1.99. The molecule has 17 heavy (non-hydrogen) atoms. The molecule has 0 saturated carbocycles. The topological polar surface area (TPSA) is 58.6 Å². The maximum atomic E-state index is 11.3. The molecule has 90 valence electrons. The second-order valence-electron chi connectivity index (χ2n) is 4.04.